The SMILES string of the molecule is CCCN1CCN(C(C(=O)NNc2cc(C(F)(F)F)cc(C(F)(F)F)c2)c2ccc3c(c2)OCCO3)CC1. The van der Waals surface area contributed by atoms with Crippen LogP contribution in [0.1, 0.15) is 36.1 Å². The molecule has 0 spiro atoms. The average molecular weight is 547 g/mol. The molecule has 1 saturated heterocycles. The van der Waals surface area contributed by atoms with Gasteiger partial charge in [-0.2, -0.15) is 26.3 Å². The fourth-order valence-corrected chi connectivity index (χ4v) is 4.55. The van der Waals surface area contributed by atoms with Crippen LogP contribution in [0.15, 0.2) is 36.4 Å². The molecule has 7 nitrogen and oxygen atoms in total. The maximum atomic E-state index is 13.4. The number of benzene rings is 2. The van der Waals surface area contributed by atoms with E-state index >= 15 is 0 Å². The molecule has 0 saturated carbocycles. The van der Waals surface area contributed by atoms with Gasteiger partial charge in [-0.1, -0.05) is 13.0 Å². The number of nitrogens with one attached hydrogen (secondary N) is 2. The second-order valence-electron chi connectivity index (χ2n) is 9.09. The molecule has 0 bridgehead atoms. The minimum absolute atomic E-state index is 0.0285. The zero-order valence-electron chi connectivity index (χ0n) is 20.6. The standard InChI is InChI=1S/C25H28F6N4O3/c1-2-5-34-6-8-35(9-7-34)22(16-3-4-20-21(12-16)38-11-10-37-20)23(36)33-32-19-14-17(24(26,27)28)13-18(15-19)25(29,30)31/h3-4,12-15,22,32H,2,5-11H2,1H3,(H,33,36). The lowest BCUT2D eigenvalue weighted by molar-refractivity contribution is -0.143. The Morgan fingerprint density at radius 1 is 0.895 bits per heavy atom. The van der Waals surface area contributed by atoms with E-state index in [-0.39, 0.29) is 6.07 Å². The Morgan fingerprint density at radius 3 is 2.08 bits per heavy atom. The predicted molar refractivity (Wildman–Crippen MR) is 127 cm³/mol. The van der Waals surface area contributed by atoms with Crippen molar-refractivity contribution in [2.24, 2.45) is 0 Å². The third kappa shape index (κ3) is 6.62. The number of carbonyl (C=O) groups is 1. The summed E-state index contributed by atoms with van der Waals surface area (Å²) < 4.78 is 90.6. The molecule has 1 amide bonds. The quantitative estimate of drug-likeness (QED) is 0.388. The van der Waals surface area contributed by atoms with Crippen molar-refractivity contribution in [3.8, 4) is 11.5 Å². The predicted octanol–water partition coefficient (Wildman–Crippen LogP) is 4.71. The minimum atomic E-state index is -5.01. The number of hydrazine groups is 1. The van der Waals surface area contributed by atoms with Gasteiger partial charge in [-0.3, -0.25) is 20.5 Å². The smallest absolute Gasteiger partial charge is 0.416 e. The second kappa shape index (κ2) is 11.3. The topological polar surface area (TPSA) is 66.1 Å². The van der Waals surface area contributed by atoms with E-state index in [0.29, 0.717) is 68.6 Å². The van der Waals surface area contributed by atoms with E-state index in [1.165, 1.54) is 0 Å². The van der Waals surface area contributed by atoms with Crippen LogP contribution in [0.3, 0.4) is 0 Å². The fraction of sp³-hybridized carbons (Fsp3) is 0.480. The van der Waals surface area contributed by atoms with Crippen LogP contribution in [0, 0.1) is 0 Å². The summed E-state index contributed by atoms with van der Waals surface area (Å²) >= 11 is 0. The molecule has 0 aromatic heterocycles. The number of halogens is 6. The van der Waals surface area contributed by atoms with Gasteiger partial charge < -0.3 is 14.4 Å². The maximum absolute atomic E-state index is 13.4. The highest BCUT2D eigenvalue weighted by molar-refractivity contribution is 5.84. The number of ether oxygens (including phenoxy) is 2. The molecule has 2 aliphatic rings. The van der Waals surface area contributed by atoms with Gasteiger partial charge in [0.1, 0.15) is 19.3 Å². The van der Waals surface area contributed by atoms with Crippen LogP contribution in [-0.2, 0) is 17.1 Å². The fourth-order valence-electron chi connectivity index (χ4n) is 4.55. The van der Waals surface area contributed by atoms with Crippen LogP contribution in [0.2, 0.25) is 0 Å². The largest absolute Gasteiger partial charge is 0.486 e. The summed E-state index contributed by atoms with van der Waals surface area (Å²) in [5, 5.41) is 0. The molecular formula is C25H28F6N4O3. The van der Waals surface area contributed by atoms with E-state index in [4.69, 9.17) is 9.47 Å². The summed E-state index contributed by atoms with van der Waals surface area (Å²) in [5.74, 6) is 0.335. The van der Waals surface area contributed by atoms with Crippen molar-refractivity contribution >= 4 is 11.6 Å². The van der Waals surface area contributed by atoms with Crippen molar-refractivity contribution in [3.63, 3.8) is 0 Å². The number of rotatable bonds is 7. The van der Waals surface area contributed by atoms with Crippen LogP contribution >= 0.6 is 0 Å². The Morgan fingerprint density at radius 2 is 1.50 bits per heavy atom. The summed E-state index contributed by atoms with van der Waals surface area (Å²) in [6.07, 6.45) is -9.03. The number of anilines is 1. The van der Waals surface area contributed by atoms with Crippen LogP contribution in [-0.4, -0.2) is 61.6 Å². The van der Waals surface area contributed by atoms with Gasteiger partial charge in [0.15, 0.2) is 11.5 Å². The molecule has 2 heterocycles. The summed E-state index contributed by atoms with van der Waals surface area (Å²) in [4.78, 5) is 17.6. The maximum Gasteiger partial charge on any atom is 0.416 e. The number of hydrogen-bond acceptors (Lipinski definition) is 6. The molecule has 0 radical (unpaired) electrons. The van der Waals surface area contributed by atoms with Gasteiger partial charge in [0, 0.05) is 26.2 Å². The lowest BCUT2D eigenvalue weighted by Gasteiger charge is -2.39. The Bertz CT molecular complexity index is 1100. The first kappa shape index (κ1) is 27.8. The molecular weight excluding hydrogens is 518 g/mol. The van der Waals surface area contributed by atoms with Crippen molar-refractivity contribution in [2.45, 2.75) is 31.7 Å². The third-order valence-electron chi connectivity index (χ3n) is 6.36. The van der Waals surface area contributed by atoms with Gasteiger partial charge in [-0.05, 0) is 48.9 Å². The molecule has 0 aliphatic carbocycles. The number of fused-ring (bicyclic) bond motifs is 1. The van der Waals surface area contributed by atoms with Crippen LogP contribution < -0.4 is 20.3 Å². The number of alkyl halides is 6. The lowest BCUT2D eigenvalue weighted by atomic mass is 10.0. The van der Waals surface area contributed by atoms with Gasteiger partial charge >= 0.3 is 12.4 Å². The molecule has 208 valence electrons. The highest BCUT2D eigenvalue weighted by Gasteiger charge is 2.37. The van der Waals surface area contributed by atoms with Crippen molar-refractivity contribution in [1.29, 1.82) is 0 Å². The van der Waals surface area contributed by atoms with Gasteiger partial charge in [0.25, 0.3) is 5.91 Å². The highest BCUT2D eigenvalue weighted by Crippen LogP contribution is 2.38. The zero-order valence-corrected chi connectivity index (χ0v) is 20.6. The van der Waals surface area contributed by atoms with E-state index in [0.717, 1.165) is 13.0 Å². The molecule has 1 atom stereocenters. The van der Waals surface area contributed by atoms with Crippen molar-refractivity contribution in [3.05, 3.63) is 53.1 Å². The van der Waals surface area contributed by atoms with E-state index in [1.807, 2.05) is 4.90 Å². The van der Waals surface area contributed by atoms with E-state index in [2.05, 4.69) is 22.7 Å². The molecule has 1 fully saturated rings. The highest BCUT2D eigenvalue weighted by atomic mass is 19.4. The molecule has 4 rings (SSSR count). The van der Waals surface area contributed by atoms with Crippen LogP contribution in [0.25, 0.3) is 0 Å². The number of hydrogen-bond donors (Lipinski definition) is 2. The molecule has 1 unspecified atom stereocenters. The molecule has 2 aromatic rings. The van der Waals surface area contributed by atoms with Gasteiger partial charge in [0.2, 0.25) is 0 Å². The van der Waals surface area contributed by atoms with Crippen molar-refractivity contribution in [1.82, 2.24) is 15.2 Å². The first-order valence-electron chi connectivity index (χ1n) is 12.2. The lowest BCUT2D eigenvalue weighted by Crippen LogP contribution is -2.51. The summed E-state index contributed by atoms with van der Waals surface area (Å²) in [6, 6.07) is 5.21. The van der Waals surface area contributed by atoms with Crippen molar-refractivity contribution < 1.29 is 40.6 Å². The van der Waals surface area contributed by atoms with Gasteiger partial charge in [-0.25, -0.2) is 0 Å². The molecule has 2 aromatic carbocycles. The van der Waals surface area contributed by atoms with Crippen LogP contribution in [0.4, 0.5) is 32.0 Å². The van der Waals surface area contributed by atoms with Gasteiger partial charge in [-0.15, -0.1) is 0 Å². The Labute approximate surface area is 215 Å². The number of nitrogens with zero attached hydrogens (tertiary/aromatic N) is 2. The summed E-state index contributed by atoms with van der Waals surface area (Å²) in [5.41, 5.74) is 1.61. The second-order valence-corrected chi connectivity index (χ2v) is 9.09. The first-order chi connectivity index (χ1) is 18.0. The van der Waals surface area contributed by atoms with E-state index in [1.54, 1.807) is 18.2 Å². The Balaban J connectivity index is 1.58. The molecule has 38 heavy (non-hydrogen) atoms. The Hall–Kier alpha value is -3.19. The monoisotopic (exact) mass is 546 g/mol. The summed E-state index contributed by atoms with van der Waals surface area (Å²) in [7, 11) is 0. The normalized spacial score (nSPS) is 17.7. The molecule has 13 heteroatoms. The zero-order chi connectivity index (χ0) is 27.5. The minimum Gasteiger partial charge on any atom is -0.486 e. The Kier molecular flexibility index (Phi) is 8.26. The van der Waals surface area contributed by atoms with E-state index in [9.17, 15) is 31.1 Å². The molecule has 2 aliphatic heterocycles. The summed E-state index contributed by atoms with van der Waals surface area (Å²) in [6.45, 7) is 6.19. The van der Waals surface area contributed by atoms with Crippen LogP contribution in [0.5, 0.6) is 11.5 Å². The molecule has 2 N–H and O–H groups in total. The number of carbonyl (C=O) groups excluding carboxylic acids is 1. The third-order valence-corrected chi connectivity index (χ3v) is 6.36. The average Bonchev–Trinajstić information content (AvgIpc) is 2.87. The van der Waals surface area contributed by atoms with Crippen molar-refractivity contribution in [2.75, 3.05) is 51.4 Å². The van der Waals surface area contributed by atoms with Gasteiger partial charge in [0.05, 0.1) is 16.8 Å². The number of piperazine rings is 1. The number of amides is 1. The first-order valence-corrected chi connectivity index (χ1v) is 12.2. The van der Waals surface area contributed by atoms with E-state index < -0.39 is 41.1 Å².